The average Bonchev–Trinajstić information content (AvgIpc) is 2.67. The van der Waals surface area contributed by atoms with Gasteiger partial charge in [0.25, 0.3) is 5.91 Å². The van der Waals surface area contributed by atoms with E-state index in [1.54, 1.807) is 0 Å². The molecule has 0 saturated carbocycles. The number of benzene rings is 2. The van der Waals surface area contributed by atoms with Crippen molar-refractivity contribution < 1.29 is 9.90 Å². The first-order chi connectivity index (χ1) is 12.1. The molecular weight excluding hydrogens is 312 g/mol. The molecule has 0 radical (unpaired) electrons. The Morgan fingerprint density at radius 2 is 1.96 bits per heavy atom. The van der Waals surface area contributed by atoms with Gasteiger partial charge in [0.05, 0.1) is 6.61 Å². The van der Waals surface area contributed by atoms with E-state index in [-0.39, 0.29) is 24.0 Å². The summed E-state index contributed by atoms with van der Waals surface area (Å²) in [7, 11) is 2.12. The van der Waals surface area contributed by atoms with Gasteiger partial charge in [-0.1, -0.05) is 30.3 Å². The van der Waals surface area contributed by atoms with Crippen LogP contribution in [0.5, 0.6) is 0 Å². The van der Waals surface area contributed by atoms with Gasteiger partial charge in [-0.15, -0.1) is 0 Å². The highest BCUT2D eigenvalue weighted by atomic mass is 16.3. The van der Waals surface area contributed by atoms with Crippen molar-refractivity contribution in [2.75, 3.05) is 33.3 Å². The van der Waals surface area contributed by atoms with Crippen LogP contribution in [0.2, 0.25) is 0 Å². The fraction of sp³-hybridized carbons (Fsp3) is 0.476. The van der Waals surface area contributed by atoms with Gasteiger partial charge in [-0.05, 0) is 55.8 Å². The highest BCUT2D eigenvalue weighted by Crippen LogP contribution is 2.41. The number of nitrogens with zero attached hydrogens (tertiary/aromatic N) is 2. The van der Waals surface area contributed by atoms with Crippen molar-refractivity contribution in [2.45, 2.75) is 25.3 Å². The van der Waals surface area contributed by atoms with Crippen molar-refractivity contribution in [3.8, 4) is 0 Å². The Kier molecular flexibility index (Phi) is 4.26. The van der Waals surface area contributed by atoms with Crippen LogP contribution in [0.1, 0.15) is 29.6 Å². The number of aliphatic hydroxyl groups is 1. The largest absolute Gasteiger partial charge is 0.396 e. The highest BCUT2D eigenvalue weighted by Gasteiger charge is 2.47. The molecule has 2 fully saturated rings. The van der Waals surface area contributed by atoms with Gasteiger partial charge in [0, 0.05) is 30.1 Å². The minimum absolute atomic E-state index is 0.0346. The third kappa shape index (κ3) is 2.83. The Labute approximate surface area is 149 Å². The zero-order valence-corrected chi connectivity index (χ0v) is 14.8. The predicted octanol–water partition coefficient (Wildman–Crippen LogP) is 2.76. The molecule has 4 heteroatoms. The maximum atomic E-state index is 13.1. The molecular formula is C21H26N2O2. The van der Waals surface area contributed by atoms with E-state index >= 15 is 0 Å². The summed E-state index contributed by atoms with van der Waals surface area (Å²) in [6.45, 7) is 2.71. The molecule has 0 bridgehead atoms. The van der Waals surface area contributed by atoms with Crippen LogP contribution in [0.25, 0.3) is 10.8 Å². The van der Waals surface area contributed by atoms with Crippen LogP contribution in [0, 0.1) is 5.41 Å². The monoisotopic (exact) mass is 338 g/mol. The van der Waals surface area contributed by atoms with Gasteiger partial charge in [-0.3, -0.25) is 4.79 Å². The molecule has 2 heterocycles. The third-order valence-corrected chi connectivity index (χ3v) is 6.30. The third-order valence-electron chi connectivity index (χ3n) is 6.30. The summed E-state index contributed by atoms with van der Waals surface area (Å²) < 4.78 is 0. The average molecular weight is 338 g/mol. The minimum Gasteiger partial charge on any atom is -0.396 e. The molecule has 0 spiro atoms. The van der Waals surface area contributed by atoms with E-state index < -0.39 is 0 Å². The Hall–Kier alpha value is -1.91. The van der Waals surface area contributed by atoms with Crippen LogP contribution in [0.3, 0.4) is 0 Å². The van der Waals surface area contributed by atoms with E-state index in [2.05, 4.69) is 18.0 Å². The second kappa shape index (κ2) is 6.43. The highest BCUT2D eigenvalue weighted by molar-refractivity contribution is 5.98. The molecule has 2 aromatic rings. The number of piperidine rings is 2. The summed E-state index contributed by atoms with van der Waals surface area (Å²) in [6, 6.07) is 14.3. The van der Waals surface area contributed by atoms with Gasteiger partial charge >= 0.3 is 0 Å². The van der Waals surface area contributed by atoms with Crippen LogP contribution in [0.4, 0.5) is 0 Å². The number of rotatable bonds is 2. The molecule has 4 rings (SSSR count). The predicted molar refractivity (Wildman–Crippen MR) is 99.6 cm³/mol. The number of hydrogen-bond acceptors (Lipinski definition) is 3. The Morgan fingerprint density at radius 1 is 1.16 bits per heavy atom. The molecule has 4 nitrogen and oxygen atoms in total. The molecule has 0 unspecified atom stereocenters. The Bertz CT molecular complexity index is 790. The lowest BCUT2D eigenvalue weighted by atomic mass is 9.69. The van der Waals surface area contributed by atoms with Crippen molar-refractivity contribution in [3.05, 3.63) is 48.0 Å². The minimum atomic E-state index is -0.0346. The standard InChI is InChI=1S/C21H26N2O2/c1-22-11-4-9-21(15-24)10-12-23(14-19(21)22)20(25)18-8-7-16-5-2-3-6-17(16)13-18/h2-3,5-8,13,19,24H,4,9-12,14-15H2,1H3/t19-,21-/m1/s1. The first kappa shape index (κ1) is 16.6. The van der Waals surface area contributed by atoms with Crippen LogP contribution in [-0.2, 0) is 0 Å². The number of fused-ring (bicyclic) bond motifs is 2. The van der Waals surface area contributed by atoms with Gasteiger partial charge in [-0.25, -0.2) is 0 Å². The lowest BCUT2D eigenvalue weighted by Crippen LogP contribution is -2.62. The molecule has 2 aliphatic heterocycles. The van der Waals surface area contributed by atoms with E-state index in [1.165, 1.54) is 0 Å². The number of carbonyl (C=O) groups excluding carboxylic acids is 1. The summed E-state index contributed by atoms with van der Waals surface area (Å²) in [6.07, 6.45) is 3.08. The Morgan fingerprint density at radius 3 is 2.76 bits per heavy atom. The van der Waals surface area contributed by atoms with Crippen molar-refractivity contribution >= 4 is 16.7 Å². The zero-order chi connectivity index (χ0) is 17.4. The number of aliphatic hydroxyl groups excluding tert-OH is 1. The van der Waals surface area contributed by atoms with Crippen molar-refractivity contribution in [3.63, 3.8) is 0 Å². The van der Waals surface area contributed by atoms with Crippen LogP contribution in [-0.4, -0.2) is 60.1 Å². The van der Waals surface area contributed by atoms with E-state index in [1.807, 2.05) is 41.3 Å². The number of likely N-dealkylation sites (tertiary alicyclic amines) is 2. The molecule has 2 aromatic carbocycles. The summed E-state index contributed by atoms with van der Waals surface area (Å²) >= 11 is 0. The van der Waals surface area contributed by atoms with E-state index in [4.69, 9.17) is 0 Å². The van der Waals surface area contributed by atoms with E-state index in [0.29, 0.717) is 6.54 Å². The van der Waals surface area contributed by atoms with Crippen molar-refractivity contribution in [1.29, 1.82) is 0 Å². The zero-order valence-electron chi connectivity index (χ0n) is 14.8. The lowest BCUT2D eigenvalue weighted by Gasteiger charge is -2.53. The van der Waals surface area contributed by atoms with Crippen LogP contribution in [0.15, 0.2) is 42.5 Å². The van der Waals surface area contributed by atoms with Crippen molar-refractivity contribution in [1.82, 2.24) is 9.80 Å². The smallest absolute Gasteiger partial charge is 0.253 e. The fourth-order valence-corrected chi connectivity index (χ4v) is 4.71. The molecule has 132 valence electrons. The maximum Gasteiger partial charge on any atom is 0.253 e. The second-order valence-corrected chi connectivity index (χ2v) is 7.68. The van der Waals surface area contributed by atoms with Crippen LogP contribution < -0.4 is 0 Å². The summed E-state index contributed by atoms with van der Waals surface area (Å²) in [4.78, 5) is 17.4. The molecule has 25 heavy (non-hydrogen) atoms. The number of carbonyl (C=O) groups is 1. The molecule has 2 saturated heterocycles. The normalized spacial score (nSPS) is 27.3. The quantitative estimate of drug-likeness (QED) is 0.916. The molecule has 0 aliphatic carbocycles. The Balaban J connectivity index is 1.58. The number of likely N-dealkylation sites (N-methyl/N-ethyl adjacent to an activating group) is 1. The van der Waals surface area contributed by atoms with Gasteiger partial charge < -0.3 is 14.9 Å². The molecule has 2 atom stereocenters. The number of hydrogen-bond donors (Lipinski definition) is 1. The summed E-state index contributed by atoms with van der Waals surface area (Å²) in [5, 5.41) is 12.3. The van der Waals surface area contributed by atoms with Gasteiger partial charge in [0.2, 0.25) is 0 Å². The lowest BCUT2D eigenvalue weighted by molar-refractivity contribution is -0.0601. The second-order valence-electron chi connectivity index (χ2n) is 7.68. The number of amides is 1. The van der Waals surface area contributed by atoms with Crippen LogP contribution >= 0.6 is 0 Å². The van der Waals surface area contributed by atoms with Gasteiger partial charge in [0.15, 0.2) is 0 Å². The van der Waals surface area contributed by atoms with Gasteiger partial charge in [0.1, 0.15) is 0 Å². The SMILES string of the molecule is CN1CCC[C@]2(CO)CCN(C(=O)c3ccc4ccccc4c3)C[C@@H]12. The van der Waals surface area contributed by atoms with E-state index in [0.717, 1.165) is 48.7 Å². The summed E-state index contributed by atoms with van der Waals surface area (Å²) in [5.74, 6) is 0.108. The van der Waals surface area contributed by atoms with Crippen molar-refractivity contribution in [2.24, 2.45) is 5.41 Å². The van der Waals surface area contributed by atoms with E-state index in [9.17, 15) is 9.90 Å². The maximum absolute atomic E-state index is 13.1. The topological polar surface area (TPSA) is 43.8 Å². The summed E-state index contributed by atoms with van der Waals surface area (Å²) in [5.41, 5.74) is 0.723. The molecule has 1 N–H and O–H groups in total. The first-order valence-corrected chi connectivity index (χ1v) is 9.22. The van der Waals surface area contributed by atoms with Gasteiger partial charge in [-0.2, -0.15) is 0 Å². The fourth-order valence-electron chi connectivity index (χ4n) is 4.71. The molecule has 1 amide bonds. The molecule has 0 aromatic heterocycles. The first-order valence-electron chi connectivity index (χ1n) is 9.22. The molecule has 2 aliphatic rings.